The fraction of sp³-hybridized carbons (Fsp3) is 0.286. The van der Waals surface area contributed by atoms with Crippen LogP contribution in [0.2, 0.25) is 10.0 Å². The van der Waals surface area contributed by atoms with Crippen molar-refractivity contribution < 1.29 is 23.9 Å². The van der Waals surface area contributed by atoms with Crippen LogP contribution in [-0.4, -0.2) is 42.4 Å². The predicted octanol–water partition coefficient (Wildman–Crippen LogP) is 3.45. The Morgan fingerprint density at radius 1 is 1.16 bits per heavy atom. The maximum absolute atomic E-state index is 12.6. The Labute approximate surface area is 194 Å². The summed E-state index contributed by atoms with van der Waals surface area (Å²) >= 11 is 13.5. The second-order valence-electron chi connectivity index (χ2n) is 6.44. The average Bonchev–Trinajstić information content (AvgIpc) is 2.73. The van der Waals surface area contributed by atoms with Crippen LogP contribution in [0.4, 0.5) is 0 Å². The van der Waals surface area contributed by atoms with Gasteiger partial charge in [-0.25, -0.2) is 4.79 Å². The molecule has 0 saturated heterocycles. The summed E-state index contributed by atoms with van der Waals surface area (Å²) in [5.41, 5.74) is 5.94. The predicted molar refractivity (Wildman–Crippen MR) is 122 cm³/mol. The molecule has 31 heavy (non-hydrogen) atoms. The summed E-state index contributed by atoms with van der Waals surface area (Å²) in [5.74, 6) is -0.588. The molecule has 0 bridgehead atoms. The first-order valence-electron chi connectivity index (χ1n) is 9.21. The van der Waals surface area contributed by atoms with E-state index in [0.717, 1.165) is 0 Å². The number of nitrogens with two attached hydrogens (primary N) is 1. The molecule has 7 nitrogen and oxygen atoms in total. The summed E-state index contributed by atoms with van der Waals surface area (Å²) in [4.78, 5) is 36.1. The second-order valence-corrected chi connectivity index (χ2v) is 8.27. The number of amides is 2. The molecular weight excluding hydrogens is 463 g/mol. The van der Waals surface area contributed by atoms with Gasteiger partial charge in [-0.15, -0.1) is 0 Å². The lowest BCUT2D eigenvalue weighted by molar-refractivity contribution is -0.147. The van der Waals surface area contributed by atoms with Crippen molar-refractivity contribution in [2.45, 2.75) is 19.1 Å². The Bertz CT molecular complexity index is 942. The number of primary amides is 1. The van der Waals surface area contributed by atoms with Gasteiger partial charge >= 0.3 is 5.97 Å². The fourth-order valence-corrected chi connectivity index (χ4v) is 3.49. The van der Waals surface area contributed by atoms with Gasteiger partial charge in [-0.2, -0.15) is 11.8 Å². The van der Waals surface area contributed by atoms with Gasteiger partial charge < -0.3 is 20.5 Å². The zero-order chi connectivity index (χ0) is 22.8. The minimum atomic E-state index is -0.846. The number of nitrogens with one attached hydrogen (secondary N) is 1. The molecule has 2 amide bonds. The lowest BCUT2D eigenvalue weighted by Crippen LogP contribution is -2.42. The SMILES string of the molecule is CSCCC(NC(=O)c1ccc(Cl)cc1Cl)C(=O)OCc1cccc(OCC(N)=O)c1. The topological polar surface area (TPSA) is 108 Å². The number of carbonyl (C=O) groups excluding carboxylic acids is 3. The van der Waals surface area contributed by atoms with E-state index in [1.165, 1.54) is 12.1 Å². The molecule has 0 aliphatic heterocycles. The lowest BCUT2D eigenvalue weighted by Gasteiger charge is -2.18. The van der Waals surface area contributed by atoms with E-state index in [-0.39, 0.29) is 23.8 Å². The number of hydrogen-bond donors (Lipinski definition) is 2. The maximum Gasteiger partial charge on any atom is 0.329 e. The first-order valence-corrected chi connectivity index (χ1v) is 11.4. The Hall–Kier alpha value is -2.42. The van der Waals surface area contributed by atoms with Crippen molar-refractivity contribution in [3.63, 3.8) is 0 Å². The molecule has 0 spiro atoms. The first-order chi connectivity index (χ1) is 14.8. The number of hydrogen-bond acceptors (Lipinski definition) is 6. The van der Waals surface area contributed by atoms with Gasteiger partial charge in [0, 0.05) is 5.02 Å². The van der Waals surface area contributed by atoms with Crippen molar-refractivity contribution in [2.75, 3.05) is 18.6 Å². The van der Waals surface area contributed by atoms with Crippen molar-refractivity contribution in [1.29, 1.82) is 0 Å². The monoisotopic (exact) mass is 484 g/mol. The van der Waals surface area contributed by atoms with E-state index in [9.17, 15) is 14.4 Å². The standard InChI is InChI=1S/C21H22Cl2N2O5S/c1-31-8-7-18(25-20(27)16-6-5-14(22)10-17(16)23)21(28)30-11-13-3-2-4-15(9-13)29-12-19(24)26/h2-6,9-10,18H,7-8,11-12H2,1H3,(H2,24,26)(H,25,27). The summed E-state index contributed by atoms with van der Waals surface area (Å²) < 4.78 is 10.6. The maximum atomic E-state index is 12.6. The number of rotatable bonds is 11. The number of benzene rings is 2. The van der Waals surface area contributed by atoms with E-state index in [2.05, 4.69) is 5.32 Å². The van der Waals surface area contributed by atoms with E-state index >= 15 is 0 Å². The van der Waals surface area contributed by atoms with E-state index in [1.807, 2.05) is 6.26 Å². The van der Waals surface area contributed by atoms with Crippen LogP contribution in [0.5, 0.6) is 5.75 Å². The van der Waals surface area contributed by atoms with Crippen LogP contribution in [0.1, 0.15) is 22.3 Å². The first kappa shape index (κ1) is 24.8. The van der Waals surface area contributed by atoms with Crippen LogP contribution < -0.4 is 15.8 Å². The third-order valence-corrected chi connectivity index (χ3v) is 5.23. The Morgan fingerprint density at radius 2 is 1.94 bits per heavy atom. The Morgan fingerprint density at radius 3 is 2.61 bits per heavy atom. The molecule has 0 fully saturated rings. The number of ether oxygens (including phenoxy) is 2. The van der Waals surface area contributed by atoms with Gasteiger partial charge in [0.25, 0.3) is 11.8 Å². The van der Waals surface area contributed by atoms with Gasteiger partial charge in [0.1, 0.15) is 18.4 Å². The van der Waals surface area contributed by atoms with Crippen molar-refractivity contribution in [1.82, 2.24) is 5.32 Å². The van der Waals surface area contributed by atoms with Crippen molar-refractivity contribution in [3.05, 3.63) is 63.6 Å². The molecule has 0 saturated carbocycles. The van der Waals surface area contributed by atoms with Gasteiger partial charge in [-0.3, -0.25) is 9.59 Å². The smallest absolute Gasteiger partial charge is 0.329 e. The zero-order valence-electron chi connectivity index (χ0n) is 16.7. The molecule has 2 aromatic carbocycles. The molecule has 0 aliphatic carbocycles. The minimum absolute atomic E-state index is 0.0278. The van der Waals surface area contributed by atoms with Crippen molar-refractivity contribution >= 4 is 52.7 Å². The highest BCUT2D eigenvalue weighted by Gasteiger charge is 2.24. The summed E-state index contributed by atoms with van der Waals surface area (Å²) in [6.07, 6.45) is 2.29. The highest BCUT2D eigenvalue weighted by Crippen LogP contribution is 2.21. The molecule has 0 heterocycles. The molecule has 0 radical (unpaired) electrons. The molecule has 1 unspecified atom stereocenters. The van der Waals surface area contributed by atoms with Crippen molar-refractivity contribution in [2.24, 2.45) is 5.73 Å². The van der Waals surface area contributed by atoms with E-state index in [4.69, 9.17) is 38.4 Å². The average molecular weight is 485 g/mol. The van der Waals surface area contributed by atoms with E-state index in [0.29, 0.717) is 28.5 Å². The second kappa shape index (κ2) is 12.4. The fourth-order valence-electron chi connectivity index (χ4n) is 2.53. The van der Waals surface area contributed by atoms with E-state index in [1.54, 1.807) is 42.1 Å². The largest absolute Gasteiger partial charge is 0.484 e. The van der Waals surface area contributed by atoms with Crippen LogP contribution in [0.3, 0.4) is 0 Å². The molecule has 0 aromatic heterocycles. The third kappa shape index (κ3) is 8.32. The number of halogens is 2. The normalized spacial score (nSPS) is 11.5. The van der Waals surface area contributed by atoms with Crippen LogP contribution in [0, 0.1) is 0 Å². The number of esters is 1. The van der Waals surface area contributed by atoms with Gasteiger partial charge in [0.15, 0.2) is 6.61 Å². The molecule has 2 rings (SSSR count). The molecule has 1 atom stereocenters. The summed E-state index contributed by atoms with van der Waals surface area (Å²) in [5, 5.41) is 3.27. The number of carbonyl (C=O) groups is 3. The van der Waals surface area contributed by atoms with Gasteiger partial charge in [0.05, 0.1) is 10.6 Å². The molecule has 3 N–H and O–H groups in total. The highest BCUT2D eigenvalue weighted by atomic mass is 35.5. The van der Waals surface area contributed by atoms with Crippen molar-refractivity contribution in [3.8, 4) is 5.75 Å². The molecule has 0 aliphatic rings. The Balaban J connectivity index is 2.01. The Kier molecular flexibility index (Phi) is 9.97. The molecule has 166 valence electrons. The van der Waals surface area contributed by atoms with Crippen LogP contribution in [0.25, 0.3) is 0 Å². The van der Waals surface area contributed by atoms with Crippen LogP contribution >= 0.6 is 35.0 Å². The molecule has 10 heteroatoms. The van der Waals surface area contributed by atoms with Gasteiger partial charge in [-0.1, -0.05) is 35.3 Å². The van der Waals surface area contributed by atoms with Gasteiger partial charge in [0.2, 0.25) is 0 Å². The lowest BCUT2D eigenvalue weighted by atomic mass is 10.1. The summed E-state index contributed by atoms with van der Waals surface area (Å²) in [7, 11) is 0. The molecule has 2 aromatic rings. The third-order valence-electron chi connectivity index (χ3n) is 4.04. The quantitative estimate of drug-likeness (QED) is 0.472. The highest BCUT2D eigenvalue weighted by molar-refractivity contribution is 7.98. The zero-order valence-corrected chi connectivity index (χ0v) is 19.1. The van der Waals surface area contributed by atoms with Crippen LogP contribution in [0.15, 0.2) is 42.5 Å². The summed E-state index contributed by atoms with van der Waals surface area (Å²) in [6.45, 7) is -0.279. The minimum Gasteiger partial charge on any atom is -0.484 e. The van der Waals surface area contributed by atoms with Crippen LogP contribution in [-0.2, 0) is 20.9 Å². The summed E-state index contributed by atoms with van der Waals surface area (Å²) in [6, 6.07) is 10.4. The number of thioether (sulfide) groups is 1. The molecular formula is C21H22Cl2N2O5S. The van der Waals surface area contributed by atoms with Gasteiger partial charge in [-0.05, 0) is 54.3 Å². The van der Waals surface area contributed by atoms with E-state index < -0.39 is 23.8 Å².